The summed E-state index contributed by atoms with van der Waals surface area (Å²) in [7, 11) is -2.80. The molecule has 1 aliphatic carbocycles. The molecule has 1 heterocycles. The highest BCUT2D eigenvalue weighted by Crippen LogP contribution is 2.44. The van der Waals surface area contributed by atoms with E-state index in [-0.39, 0.29) is 23.5 Å². The quantitative estimate of drug-likeness (QED) is 0.191. The molecule has 1 N–H and O–H groups in total. The highest BCUT2D eigenvalue weighted by Gasteiger charge is 2.50. The van der Waals surface area contributed by atoms with Gasteiger partial charge in [0.15, 0.2) is 0 Å². The molecule has 4 aromatic rings. The number of carbonyl (C=O) groups is 2. The van der Waals surface area contributed by atoms with E-state index < -0.39 is 20.5 Å². The number of piperidine rings is 1. The zero-order valence-electron chi connectivity index (χ0n) is 27.8. The number of hydrogen-bond donors (Lipinski definition) is 1. The molecule has 4 aromatic carbocycles. The van der Waals surface area contributed by atoms with Crippen molar-refractivity contribution in [2.75, 3.05) is 26.3 Å². The number of nitrogens with one attached hydrogen (secondary N) is 1. The van der Waals surface area contributed by atoms with Gasteiger partial charge in [-0.15, -0.1) is 0 Å². The summed E-state index contributed by atoms with van der Waals surface area (Å²) < 4.78 is 13.0. The maximum atomic E-state index is 13.9. The van der Waals surface area contributed by atoms with Crippen molar-refractivity contribution in [2.24, 2.45) is 0 Å². The van der Waals surface area contributed by atoms with E-state index in [0.717, 1.165) is 30.4 Å². The third-order valence-electron chi connectivity index (χ3n) is 9.74. The monoisotopic (exact) mass is 646 g/mol. The molecule has 2 aliphatic rings. The molecule has 244 valence electrons. The lowest BCUT2D eigenvalue weighted by atomic mass is 9.98. The van der Waals surface area contributed by atoms with Gasteiger partial charge in [0, 0.05) is 25.6 Å². The van der Waals surface area contributed by atoms with E-state index in [1.54, 1.807) is 0 Å². The van der Waals surface area contributed by atoms with Gasteiger partial charge in [-0.2, -0.15) is 0 Å². The van der Waals surface area contributed by atoms with Crippen molar-refractivity contribution >= 4 is 30.7 Å². The lowest BCUT2D eigenvalue weighted by molar-refractivity contribution is -0.134. The Morgan fingerprint density at radius 2 is 1.28 bits per heavy atom. The van der Waals surface area contributed by atoms with Gasteiger partial charge >= 0.3 is 6.09 Å². The normalized spacial score (nSPS) is 15.4. The molecule has 6 rings (SSSR count). The minimum Gasteiger partial charge on any atom is -0.449 e. The molecule has 47 heavy (non-hydrogen) atoms. The van der Waals surface area contributed by atoms with Gasteiger partial charge in [0.2, 0.25) is 5.91 Å². The van der Waals surface area contributed by atoms with Crippen LogP contribution in [-0.4, -0.2) is 57.6 Å². The van der Waals surface area contributed by atoms with E-state index in [9.17, 15) is 9.59 Å². The first-order valence-corrected chi connectivity index (χ1v) is 18.9. The zero-order chi connectivity index (χ0) is 32.9. The van der Waals surface area contributed by atoms with E-state index in [1.807, 2.05) is 41.3 Å². The SMILES string of the molecule is CC(C)(C)[Si](OCC[C@H](NC(=O)OCC1c2ccccc2-c2ccccc21)C(=O)N1CCCCC1)(c1ccccc1)c1ccccc1. The summed E-state index contributed by atoms with van der Waals surface area (Å²) in [6, 6.07) is 36.8. The van der Waals surface area contributed by atoms with Crippen LogP contribution in [0, 0.1) is 0 Å². The number of hydrogen-bond acceptors (Lipinski definition) is 4. The van der Waals surface area contributed by atoms with E-state index in [2.05, 4.69) is 98.9 Å². The predicted octanol–water partition coefficient (Wildman–Crippen LogP) is 6.87. The van der Waals surface area contributed by atoms with Crippen LogP contribution < -0.4 is 15.7 Å². The third kappa shape index (κ3) is 6.78. The molecule has 0 spiro atoms. The number of alkyl carbamates (subject to hydrolysis) is 1. The van der Waals surface area contributed by atoms with Gasteiger partial charge in [-0.3, -0.25) is 4.79 Å². The van der Waals surface area contributed by atoms with E-state index in [1.165, 1.54) is 21.5 Å². The van der Waals surface area contributed by atoms with Crippen LogP contribution in [0.5, 0.6) is 0 Å². The number of amides is 2. The second-order valence-electron chi connectivity index (χ2n) is 13.7. The van der Waals surface area contributed by atoms with Crippen LogP contribution in [-0.2, 0) is 14.0 Å². The largest absolute Gasteiger partial charge is 0.449 e. The second kappa shape index (κ2) is 14.3. The number of carbonyl (C=O) groups excluding carboxylic acids is 2. The van der Waals surface area contributed by atoms with Crippen molar-refractivity contribution in [3.05, 3.63) is 120 Å². The topological polar surface area (TPSA) is 67.9 Å². The number of likely N-dealkylation sites (tertiary alicyclic amines) is 1. The van der Waals surface area contributed by atoms with Gasteiger partial charge < -0.3 is 19.4 Å². The lowest BCUT2D eigenvalue weighted by Gasteiger charge is -2.43. The van der Waals surface area contributed by atoms with Crippen LogP contribution in [0.3, 0.4) is 0 Å². The first-order valence-electron chi connectivity index (χ1n) is 16.9. The second-order valence-corrected chi connectivity index (χ2v) is 18.0. The first-order chi connectivity index (χ1) is 22.8. The van der Waals surface area contributed by atoms with Crippen molar-refractivity contribution in [3.63, 3.8) is 0 Å². The molecule has 0 bridgehead atoms. The number of rotatable bonds is 10. The van der Waals surface area contributed by atoms with Crippen molar-refractivity contribution in [1.82, 2.24) is 10.2 Å². The van der Waals surface area contributed by atoms with Crippen molar-refractivity contribution in [1.29, 1.82) is 0 Å². The van der Waals surface area contributed by atoms with Gasteiger partial charge in [-0.05, 0) is 63.3 Å². The maximum absolute atomic E-state index is 13.9. The van der Waals surface area contributed by atoms with Crippen LogP contribution in [0.25, 0.3) is 11.1 Å². The Bertz CT molecular complexity index is 1580. The Hall–Kier alpha value is -4.20. The Morgan fingerprint density at radius 1 is 0.766 bits per heavy atom. The fourth-order valence-corrected chi connectivity index (χ4v) is 12.0. The van der Waals surface area contributed by atoms with Crippen molar-refractivity contribution in [2.45, 2.75) is 63.5 Å². The van der Waals surface area contributed by atoms with Gasteiger partial charge in [0.1, 0.15) is 12.6 Å². The Morgan fingerprint density at radius 3 is 1.81 bits per heavy atom. The summed E-state index contributed by atoms with van der Waals surface area (Å²) >= 11 is 0. The summed E-state index contributed by atoms with van der Waals surface area (Å²) in [6.45, 7) is 8.65. The molecule has 0 saturated carbocycles. The van der Waals surface area contributed by atoms with Gasteiger partial charge in [-0.1, -0.05) is 130 Å². The summed E-state index contributed by atoms with van der Waals surface area (Å²) in [5.74, 6) is -0.118. The molecule has 1 fully saturated rings. The van der Waals surface area contributed by atoms with Crippen molar-refractivity contribution in [3.8, 4) is 11.1 Å². The molecule has 1 atom stereocenters. The molecule has 0 aromatic heterocycles. The summed E-state index contributed by atoms with van der Waals surface area (Å²) in [6.07, 6.45) is 2.84. The van der Waals surface area contributed by atoms with Crippen LogP contribution in [0.4, 0.5) is 4.79 Å². The minimum atomic E-state index is -2.80. The molecule has 1 saturated heterocycles. The van der Waals surface area contributed by atoms with Gasteiger partial charge in [0.25, 0.3) is 8.32 Å². The molecular weight excluding hydrogens is 601 g/mol. The molecule has 0 radical (unpaired) electrons. The summed E-state index contributed by atoms with van der Waals surface area (Å²) in [5, 5.41) is 5.15. The third-order valence-corrected chi connectivity index (χ3v) is 14.8. The van der Waals surface area contributed by atoms with Gasteiger partial charge in [-0.25, -0.2) is 4.79 Å². The molecular formula is C40H46N2O4Si. The zero-order valence-corrected chi connectivity index (χ0v) is 28.8. The highest BCUT2D eigenvalue weighted by atomic mass is 28.4. The standard InChI is InChI=1S/C40H46N2O4Si/c1-40(2,3)47(30-17-7-4-8-18-30,31-19-9-5-10-20-31)46-28-25-37(38(43)42-26-15-6-16-27-42)41-39(44)45-29-36-34-23-13-11-21-32(34)33-22-12-14-24-35(33)36/h4-5,7-14,17-24,36-37H,6,15-16,25-29H2,1-3H3,(H,41,44)/t37-/m0/s1. The van der Waals surface area contributed by atoms with E-state index in [4.69, 9.17) is 9.16 Å². The van der Waals surface area contributed by atoms with Crippen LogP contribution in [0.15, 0.2) is 109 Å². The Kier molecular flexibility index (Phi) is 9.94. The molecule has 1 aliphatic heterocycles. The summed E-state index contributed by atoms with van der Waals surface area (Å²) in [4.78, 5) is 29.3. The van der Waals surface area contributed by atoms with Crippen LogP contribution >= 0.6 is 0 Å². The van der Waals surface area contributed by atoms with E-state index >= 15 is 0 Å². The summed E-state index contributed by atoms with van der Waals surface area (Å²) in [5.41, 5.74) is 4.66. The Labute approximate surface area is 280 Å². The van der Waals surface area contributed by atoms with Crippen LogP contribution in [0.2, 0.25) is 5.04 Å². The fourth-order valence-electron chi connectivity index (χ4n) is 7.47. The smallest absolute Gasteiger partial charge is 0.407 e. The van der Waals surface area contributed by atoms with E-state index in [0.29, 0.717) is 26.1 Å². The number of fused-ring (bicyclic) bond motifs is 3. The molecule has 7 heteroatoms. The average Bonchev–Trinajstić information content (AvgIpc) is 3.42. The average molecular weight is 647 g/mol. The Balaban J connectivity index is 1.20. The number of benzene rings is 4. The molecule has 6 nitrogen and oxygen atoms in total. The molecule has 2 amide bonds. The highest BCUT2D eigenvalue weighted by molar-refractivity contribution is 6.99. The maximum Gasteiger partial charge on any atom is 0.407 e. The van der Waals surface area contributed by atoms with Crippen LogP contribution in [0.1, 0.15) is 63.5 Å². The lowest BCUT2D eigenvalue weighted by Crippen LogP contribution is -2.66. The van der Waals surface area contributed by atoms with Crippen molar-refractivity contribution < 1.29 is 18.8 Å². The predicted molar refractivity (Wildman–Crippen MR) is 191 cm³/mol. The first kappa shape index (κ1) is 32.7. The fraction of sp³-hybridized carbons (Fsp3) is 0.350. The number of ether oxygens (including phenoxy) is 1. The minimum absolute atomic E-state index is 0.0529. The van der Waals surface area contributed by atoms with Gasteiger partial charge in [0.05, 0.1) is 0 Å². The number of nitrogens with zero attached hydrogens (tertiary/aromatic N) is 1. The molecule has 0 unspecified atom stereocenters.